The summed E-state index contributed by atoms with van der Waals surface area (Å²) >= 11 is 0. The molecule has 2 rings (SSSR count). The molecule has 110 valence electrons. The summed E-state index contributed by atoms with van der Waals surface area (Å²) in [6.07, 6.45) is 2.45. The van der Waals surface area contributed by atoms with E-state index < -0.39 is 5.60 Å². The zero-order valence-corrected chi connectivity index (χ0v) is 12.3. The molecule has 0 spiro atoms. The van der Waals surface area contributed by atoms with Crippen molar-refractivity contribution in [2.24, 2.45) is 5.92 Å². The molecule has 1 fully saturated rings. The minimum atomic E-state index is -0.401. The molecule has 0 atom stereocenters. The Bertz CT molecular complexity index is 447. The molecule has 0 amide bonds. The van der Waals surface area contributed by atoms with Crippen LogP contribution in [0.1, 0.15) is 32.3 Å². The number of phenolic OH excluding ortho intramolecular Hbond substituents is 1. The average Bonchev–Trinajstić information content (AvgIpc) is 2.42. The van der Waals surface area contributed by atoms with E-state index in [4.69, 9.17) is 4.74 Å². The highest BCUT2D eigenvalue weighted by atomic mass is 16.6. The van der Waals surface area contributed by atoms with Gasteiger partial charge in [-0.05, 0) is 31.5 Å². The monoisotopic (exact) mass is 278 g/mol. The molecule has 1 aromatic rings. The maximum atomic E-state index is 12.1. The number of piperidine rings is 1. The van der Waals surface area contributed by atoms with E-state index >= 15 is 0 Å². The minimum absolute atomic E-state index is 0.199. The molecule has 0 bridgehead atoms. The highest BCUT2D eigenvalue weighted by Gasteiger charge is 2.35. The van der Waals surface area contributed by atoms with Crippen LogP contribution in [-0.2, 0) is 16.0 Å². The van der Waals surface area contributed by atoms with Crippen LogP contribution in [0, 0.1) is 5.92 Å². The Kier molecular flexibility index (Phi) is 4.65. The van der Waals surface area contributed by atoms with Crippen LogP contribution in [-0.4, -0.2) is 29.8 Å². The van der Waals surface area contributed by atoms with Crippen molar-refractivity contribution in [3.05, 3.63) is 29.8 Å². The standard InChI is InChI=1S/C16H23NO3/c1-16(2,13-7-9-17-10-8-13)20-15(19)11-12-3-5-14(18)6-4-12/h3-6,13,17-18H,7-11H2,1-2H3/p+1. The van der Waals surface area contributed by atoms with Gasteiger partial charge in [-0.3, -0.25) is 4.79 Å². The van der Waals surface area contributed by atoms with Crippen molar-refractivity contribution in [2.75, 3.05) is 13.1 Å². The van der Waals surface area contributed by atoms with Crippen molar-refractivity contribution in [2.45, 2.75) is 38.7 Å². The largest absolute Gasteiger partial charge is 0.508 e. The van der Waals surface area contributed by atoms with Gasteiger partial charge in [-0.1, -0.05) is 12.1 Å². The molecule has 0 aromatic heterocycles. The van der Waals surface area contributed by atoms with Gasteiger partial charge in [0.15, 0.2) is 0 Å². The summed E-state index contributed by atoms with van der Waals surface area (Å²) in [6, 6.07) is 6.67. The first-order valence-corrected chi connectivity index (χ1v) is 7.29. The summed E-state index contributed by atoms with van der Waals surface area (Å²) in [5.74, 6) is 0.451. The van der Waals surface area contributed by atoms with E-state index in [0.717, 1.165) is 31.5 Å². The van der Waals surface area contributed by atoms with Crippen molar-refractivity contribution in [1.82, 2.24) is 0 Å². The number of rotatable bonds is 4. The molecule has 1 heterocycles. The molecule has 1 aliphatic heterocycles. The molecule has 0 unspecified atom stereocenters. The van der Waals surface area contributed by atoms with Gasteiger partial charge in [0.1, 0.15) is 11.4 Å². The summed E-state index contributed by atoms with van der Waals surface area (Å²) < 4.78 is 5.70. The number of benzene rings is 1. The molecule has 20 heavy (non-hydrogen) atoms. The predicted octanol–water partition coefficient (Wildman–Crippen LogP) is 1.23. The zero-order chi connectivity index (χ0) is 14.6. The van der Waals surface area contributed by atoms with Crippen LogP contribution >= 0.6 is 0 Å². The minimum Gasteiger partial charge on any atom is -0.508 e. The second kappa shape index (κ2) is 6.27. The van der Waals surface area contributed by atoms with Crippen LogP contribution in [0.4, 0.5) is 0 Å². The van der Waals surface area contributed by atoms with Crippen LogP contribution in [0.2, 0.25) is 0 Å². The fraction of sp³-hybridized carbons (Fsp3) is 0.562. The first kappa shape index (κ1) is 14.9. The number of carbonyl (C=O) groups excluding carboxylic acids is 1. The molecule has 0 aliphatic carbocycles. The molecular formula is C16H24NO3+. The van der Waals surface area contributed by atoms with Gasteiger partial charge >= 0.3 is 5.97 Å². The molecule has 0 saturated carbocycles. The molecular weight excluding hydrogens is 254 g/mol. The molecule has 1 saturated heterocycles. The van der Waals surface area contributed by atoms with Crippen LogP contribution < -0.4 is 5.32 Å². The van der Waals surface area contributed by atoms with Gasteiger partial charge in [0, 0.05) is 18.8 Å². The fourth-order valence-corrected chi connectivity index (χ4v) is 2.82. The Labute approximate surface area is 120 Å². The molecule has 0 radical (unpaired) electrons. The van der Waals surface area contributed by atoms with Gasteiger partial charge < -0.3 is 15.2 Å². The second-order valence-electron chi connectivity index (χ2n) is 6.06. The van der Waals surface area contributed by atoms with Crippen molar-refractivity contribution >= 4 is 5.97 Å². The van der Waals surface area contributed by atoms with E-state index in [-0.39, 0.29) is 18.1 Å². The smallest absolute Gasteiger partial charge is 0.310 e. The Morgan fingerprint density at radius 1 is 1.30 bits per heavy atom. The van der Waals surface area contributed by atoms with Crippen LogP contribution in [0.5, 0.6) is 5.75 Å². The van der Waals surface area contributed by atoms with Gasteiger partial charge in [-0.15, -0.1) is 0 Å². The highest BCUT2D eigenvalue weighted by Crippen LogP contribution is 2.28. The topological polar surface area (TPSA) is 63.1 Å². The normalized spacial score (nSPS) is 16.9. The summed E-state index contributed by atoms with van der Waals surface area (Å²) in [5.41, 5.74) is 0.461. The Balaban J connectivity index is 1.90. The molecule has 1 aromatic carbocycles. The van der Waals surface area contributed by atoms with E-state index in [1.807, 2.05) is 13.8 Å². The van der Waals surface area contributed by atoms with Crippen molar-refractivity contribution in [3.8, 4) is 5.75 Å². The van der Waals surface area contributed by atoms with Gasteiger partial charge in [0.2, 0.25) is 0 Å². The van der Waals surface area contributed by atoms with Gasteiger partial charge in [0.05, 0.1) is 19.5 Å². The average molecular weight is 278 g/mol. The quantitative estimate of drug-likeness (QED) is 0.814. The SMILES string of the molecule is CC(C)(OC(=O)Cc1ccc(O)cc1)C1CC[NH2+]CC1. The second-order valence-corrected chi connectivity index (χ2v) is 6.06. The van der Waals surface area contributed by atoms with Crippen LogP contribution in [0.25, 0.3) is 0 Å². The van der Waals surface area contributed by atoms with Crippen molar-refractivity contribution < 1.29 is 20.0 Å². The predicted molar refractivity (Wildman–Crippen MR) is 76.4 cm³/mol. The third kappa shape index (κ3) is 3.97. The number of esters is 1. The lowest BCUT2D eigenvalue weighted by Gasteiger charge is -2.35. The molecule has 1 aliphatic rings. The Hall–Kier alpha value is -1.55. The first-order chi connectivity index (χ1) is 9.47. The fourth-order valence-electron chi connectivity index (χ4n) is 2.82. The van der Waals surface area contributed by atoms with E-state index in [2.05, 4.69) is 5.32 Å². The lowest BCUT2D eigenvalue weighted by atomic mass is 9.83. The summed E-state index contributed by atoms with van der Waals surface area (Å²) in [4.78, 5) is 12.1. The lowest BCUT2D eigenvalue weighted by Crippen LogP contribution is -2.86. The number of quaternary nitrogens is 1. The molecule has 4 nitrogen and oxygen atoms in total. The number of hydrogen-bond donors (Lipinski definition) is 2. The number of carbonyl (C=O) groups is 1. The first-order valence-electron chi connectivity index (χ1n) is 7.29. The number of nitrogens with two attached hydrogens (primary N) is 1. The van der Waals surface area contributed by atoms with Crippen LogP contribution in [0.15, 0.2) is 24.3 Å². The third-order valence-electron chi connectivity index (χ3n) is 4.08. The van der Waals surface area contributed by atoms with Gasteiger partial charge in [-0.25, -0.2) is 0 Å². The number of phenols is 1. The van der Waals surface area contributed by atoms with Gasteiger partial charge in [-0.2, -0.15) is 0 Å². The maximum Gasteiger partial charge on any atom is 0.310 e. The Morgan fingerprint density at radius 3 is 2.50 bits per heavy atom. The summed E-state index contributed by atoms with van der Waals surface area (Å²) in [6.45, 7) is 6.25. The van der Waals surface area contributed by atoms with Crippen molar-refractivity contribution in [1.29, 1.82) is 0 Å². The molecule has 4 heteroatoms. The summed E-state index contributed by atoms with van der Waals surface area (Å²) in [7, 11) is 0. The van der Waals surface area contributed by atoms with E-state index in [1.54, 1.807) is 24.3 Å². The maximum absolute atomic E-state index is 12.1. The van der Waals surface area contributed by atoms with Crippen LogP contribution in [0.3, 0.4) is 0 Å². The highest BCUT2D eigenvalue weighted by molar-refractivity contribution is 5.73. The number of aromatic hydroxyl groups is 1. The Morgan fingerprint density at radius 2 is 1.90 bits per heavy atom. The lowest BCUT2D eigenvalue weighted by molar-refractivity contribution is -0.665. The summed E-state index contributed by atoms with van der Waals surface area (Å²) in [5, 5.41) is 11.5. The van der Waals surface area contributed by atoms with E-state index in [9.17, 15) is 9.90 Å². The number of ether oxygens (including phenoxy) is 1. The van der Waals surface area contributed by atoms with Crippen molar-refractivity contribution in [3.63, 3.8) is 0 Å². The zero-order valence-electron chi connectivity index (χ0n) is 12.3. The van der Waals surface area contributed by atoms with Gasteiger partial charge in [0.25, 0.3) is 0 Å². The number of hydrogen-bond acceptors (Lipinski definition) is 3. The van der Waals surface area contributed by atoms with E-state index in [1.165, 1.54) is 0 Å². The van der Waals surface area contributed by atoms with E-state index in [0.29, 0.717) is 5.92 Å². The molecule has 3 N–H and O–H groups in total. The third-order valence-corrected chi connectivity index (χ3v) is 4.08.